The summed E-state index contributed by atoms with van der Waals surface area (Å²) in [6.45, 7) is 15.6. The van der Waals surface area contributed by atoms with Gasteiger partial charge in [0.05, 0.1) is 25.3 Å². The minimum atomic E-state index is -1.04. The van der Waals surface area contributed by atoms with Crippen LogP contribution in [0, 0.1) is 32.1 Å². The van der Waals surface area contributed by atoms with E-state index in [1.807, 2.05) is 6.92 Å². The van der Waals surface area contributed by atoms with E-state index in [0.29, 0.717) is 35.8 Å². The zero-order valence-electron chi connectivity index (χ0n) is 38.5. The van der Waals surface area contributed by atoms with Crippen molar-refractivity contribution in [1.82, 2.24) is 15.1 Å². The Labute approximate surface area is 386 Å². The molecule has 12 nitrogen and oxygen atoms in total. The van der Waals surface area contributed by atoms with E-state index in [0.717, 1.165) is 33.6 Å². The fourth-order valence-corrected chi connectivity index (χ4v) is 12.5. The number of ether oxygens (including phenoxy) is 6. The lowest BCUT2D eigenvalue weighted by molar-refractivity contribution is -0.151. The van der Waals surface area contributed by atoms with Gasteiger partial charge in [-0.05, 0) is 106 Å². The van der Waals surface area contributed by atoms with E-state index in [9.17, 15) is 14.9 Å². The molecule has 1 unspecified atom stereocenters. The molecule has 0 spiro atoms. The van der Waals surface area contributed by atoms with Crippen molar-refractivity contribution in [3.63, 3.8) is 0 Å². The monoisotopic (exact) mass is 898 g/mol. The maximum atomic E-state index is 14.7. The summed E-state index contributed by atoms with van der Waals surface area (Å²) < 4.78 is 37.0. The lowest BCUT2D eigenvalue weighted by Crippen LogP contribution is -2.68. The second kappa shape index (κ2) is 17.6. The second-order valence-corrected chi connectivity index (χ2v) is 19.8. The van der Waals surface area contributed by atoms with Crippen LogP contribution in [0.2, 0.25) is 0 Å². The molecule has 4 aromatic rings. The quantitative estimate of drug-likeness (QED) is 0.108. The van der Waals surface area contributed by atoms with Gasteiger partial charge in [0.1, 0.15) is 42.4 Å². The Morgan fingerprint density at radius 3 is 2.34 bits per heavy atom. The summed E-state index contributed by atoms with van der Waals surface area (Å²) in [5.74, 6) is 3.08. The van der Waals surface area contributed by atoms with Gasteiger partial charge in [-0.15, -0.1) is 0 Å². The smallest absolute Gasteiger partial charge is 0.408 e. The number of fused-ring (bicyclic) bond motifs is 12. The van der Waals surface area contributed by atoms with E-state index in [1.54, 1.807) is 45.7 Å². The SMILES string of the molecule is C=CCOc1c(C)c2c(c3c1CC1[C@H]4c5c(cc(C)c(OC)c5C)C[C@@H]([C@H](C#N)N1[C@H]3COC(=O)[C@H](CSCC1c3ccccc3-c3ccccc31)NC(=O)OC(C)(C)C)N4C)OCO2. The van der Waals surface area contributed by atoms with Gasteiger partial charge in [-0.25, -0.2) is 9.59 Å². The number of nitriles is 1. The molecule has 4 aromatic carbocycles. The second-order valence-electron chi connectivity index (χ2n) is 18.7. The Kier molecular flexibility index (Phi) is 12.1. The number of amides is 1. The first-order valence-electron chi connectivity index (χ1n) is 22.4. The number of benzene rings is 4. The van der Waals surface area contributed by atoms with Crippen LogP contribution < -0.4 is 24.3 Å². The van der Waals surface area contributed by atoms with Crippen molar-refractivity contribution in [2.45, 2.75) is 102 Å². The number of nitrogens with one attached hydrogen (secondary N) is 1. The minimum absolute atomic E-state index is 0.0138. The van der Waals surface area contributed by atoms with Crippen LogP contribution in [0.4, 0.5) is 4.79 Å². The molecule has 1 aliphatic carbocycles. The molecule has 1 N–H and O–H groups in total. The summed E-state index contributed by atoms with van der Waals surface area (Å²) in [6, 6.07) is 19.0. The molecule has 6 atom stereocenters. The van der Waals surface area contributed by atoms with Crippen LogP contribution in [0.25, 0.3) is 11.1 Å². The molecule has 4 heterocycles. The van der Waals surface area contributed by atoms with Crippen LogP contribution in [0.3, 0.4) is 0 Å². The standard InChI is InChI=1S/C52H58N4O8S/c1-10-19-60-47-30(4)48-49(63-27-62-48)44-36(47)22-40-45-43-29(3)46(59-9)28(2)20-31(43)21-39(55(45)8)41(23-53)56(40)42(44)24-61-50(57)38(54-51(58)64-52(5,6)7)26-65-25-37-34-17-13-11-15-32(34)33-16-12-14-18-35(33)37/h10-18,20,37-42,45H,1,19,21-22,24-27H2,2-9H3,(H,54,58)/t38-,39-,40?,41-,42-,45-/m0/s1. The lowest BCUT2D eigenvalue weighted by Gasteiger charge is -2.60. The molecular formula is C52H58N4O8S. The van der Waals surface area contributed by atoms with Crippen molar-refractivity contribution < 1.29 is 38.0 Å². The van der Waals surface area contributed by atoms with Crippen molar-refractivity contribution in [2.75, 3.05) is 45.7 Å². The maximum absolute atomic E-state index is 14.7. The summed E-state index contributed by atoms with van der Waals surface area (Å²) in [6.07, 6.45) is 2.18. The van der Waals surface area contributed by atoms with Gasteiger partial charge in [0.25, 0.3) is 0 Å². The van der Waals surface area contributed by atoms with Gasteiger partial charge in [0.2, 0.25) is 6.79 Å². The largest absolute Gasteiger partial charge is 0.496 e. The third-order valence-electron chi connectivity index (χ3n) is 13.8. The lowest BCUT2D eigenvalue weighted by atomic mass is 9.71. The number of alkyl carbamates (subject to hydrolysis) is 1. The van der Waals surface area contributed by atoms with Gasteiger partial charge in [-0.2, -0.15) is 17.0 Å². The molecule has 13 heteroatoms. The van der Waals surface area contributed by atoms with Crippen molar-refractivity contribution >= 4 is 23.8 Å². The van der Waals surface area contributed by atoms with E-state index >= 15 is 0 Å². The van der Waals surface area contributed by atoms with E-state index in [4.69, 9.17) is 28.4 Å². The van der Waals surface area contributed by atoms with Gasteiger partial charge < -0.3 is 33.7 Å². The van der Waals surface area contributed by atoms with Crippen molar-refractivity contribution in [1.29, 1.82) is 5.26 Å². The highest BCUT2D eigenvalue weighted by Gasteiger charge is 2.57. The van der Waals surface area contributed by atoms with Crippen LogP contribution >= 0.6 is 11.8 Å². The molecule has 65 heavy (non-hydrogen) atoms. The van der Waals surface area contributed by atoms with Gasteiger partial charge >= 0.3 is 12.1 Å². The average molecular weight is 899 g/mol. The number of esters is 1. The Hall–Kier alpha value is -5.68. The number of nitrogens with zero attached hydrogens (tertiary/aromatic N) is 3. The van der Waals surface area contributed by atoms with Gasteiger partial charge in [0, 0.05) is 46.2 Å². The number of hydrogen-bond acceptors (Lipinski definition) is 12. The minimum Gasteiger partial charge on any atom is -0.496 e. The van der Waals surface area contributed by atoms with Crippen LogP contribution in [0.15, 0.2) is 67.3 Å². The number of carbonyl (C=O) groups is 2. The Morgan fingerprint density at radius 2 is 1.68 bits per heavy atom. The molecule has 2 bridgehead atoms. The number of piperazine rings is 1. The molecule has 4 aliphatic heterocycles. The van der Waals surface area contributed by atoms with Crippen molar-refractivity contribution in [2.24, 2.45) is 0 Å². The molecule has 9 rings (SSSR count). The van der Waals surface area contributed by atoms with Crippen LogP contribution in [-0.4, -0.2) is 97.3 Å². The summed E-state index contributed by atoms with van der Waals surface area (Å²) in [5, 5.41) is 14.1. The number of likely N-dealkylation sites (N-methyl/N-ethyl adjacent to an activating group) is 1. The first-order valence-corrected chi connectivity index (χ1v) is 23.6. The van der Waals surface area contributed by atoms with E-state index in [-0.39, 0.29) is 49.8 Å². The molecule has 0 radical (unpaired) electrons. The highest BCUT2D eigenvalue weighted by Crippen LogP contribution is 2.58. The number of thioether (sulfide) groups is 1. The molecule has 5 aliphatic rings. The molecule has 1 saturated heterocycles. The Morgan fingerprint density at radius 1 is 0.985 bits per heavy atom. The molecule has 340 valence electrons. The van der Waals surface area contributed by atoms with Gasteiger partial charge in [-0.3, -0.25) is 9.80 Å². The van der Waals surface area contributed by atoms with Crippen molar-refractivity contribution in [3.8, 4) is 40.2 Å². The average Bonchev–Trinajstić information content (AvgIpc) is 3.89. The number of carbonyl (C=O) groups excluding carboxylic acids is 2. The van der Waals surface area contributed by atoms with E-state index < -0.39 is 35.8 Å². The van der Waals surface area contributed by atoms with Crippen LogP contribution in [-0.2, 0) is 27.1 Å². The predicted octanol–water partition coefficient (Wildman–Crippen LogP) is 8.67. The Bertz CT molecular complexity index is 2560. The van der Waals surface area contributed by atoms with Crippen LogP contribution in [0.1, 0.15) is 88.8 Å². The number of methoxy groups -OCH3 is 1. The molecule has 1 amide bonds. The Balaban J connectivity index is 1.08. The molecule has 1 fully saturated rings. The fourth-order valence-electron chi connectivity index (χ4n) is 11.3. The highest BCUT2D eigenvalue weighted by atomic mass is 32.2. The van der Waals surface area contributed by atoms with Crippen LogP contribution in [0.5, 0.6) is 23.0 Å². The van der Waals surface area contributed by atoms with Gasteiger partial charge in [-0.1, -0.05) is 67.3 Å². The van der Waals surface area contributed by atoms with E-state index in [1.165, 1.54) is 33.4 Å². The molecule has 0 saturated carbocycles. The molecular weight excluding hydrogens is 841 g/mol. The first-order chi connectivity index (χ1) is 31.3. The number of rotatable bonds is 12. The zero-order chi connectivity index (χ0) is 45.9. The first kappa shape index (κ1) is 44.5. The zero-order valence-corrected chi connectivity index (χ0v) is 39.3. The number of aryl methyl sites for hydroxylation is 1. The summed E-state index contributed by atoms with van der Waals surface area (Å²) >= 11 is 1.58. The summed E-state index contributed by atoms with van der Waals surface area (Å²) in [4.78, 5) is 32.7. The molecule has 0 aromatic heterocycles. The number of hydrogen-bond donors (Lipinski definition) is 1. The fraction of sp³-hybridized carbons (Fsp3) is 0.442. The third kappa shape index (κ3) is 7.77. The van der Waals surface area contributed by atoms with E-state index in [2.05, 4.69) is 103 Å². The summed E-state index contributed by atoms with van der Waals surface area (Å²) in [7, 11) is 3.83. The van der Waals surface area contributed by atoms with Crippen molar-refractivity contribution in [3.05, 3.63) is 117 Å². The highest BCUT2D eigenvalue weighted by molar-refractivity contribution is 7.99. The summed E-state index contributed by atoms with van der Waals surface area (Å²) in [5.41, 5.74) is 11.2. The maximum Gasteiger partial charge on any atom is 0.408 e. The van der Waals surface area contributed by atoms with Gasteiger partial charge in [0.15, 0.2) is 11.5 Å². The predicted molar refractivity (Wildman–Crippen MR) is 250 cm³/mol. The third-order valence-corrected chi connectivity index (χ3v) is 14.9. The normalized spacial score (nSPS) is 22.0. The topological polar surface area (TPSA) is 132 Å².